The zero-order chi connectivity index (χ0) is 14.5. The Labute approximate surface area is 122 Å². The van der Waals surface area contributed by atoms with Crippen molar-refractivity contribution < 1.29 is 4.79 Å². The van der Waals surface area contributed by atoms with Crippen molar-refractivity contribution in [1.82, 2.24) is 19.7 Å². The molecule has 2 aromatic heterocycles. The van der Waals surface area contributed by atoms with E-state index in [0.29, 0.717) is 18.9 Å². The third-order valence-corrected chi connectivity index (χ3v) is 4.24. The number of hydrogen-bond donors (Lipinski definition) is 0. The average molecular weight is 293 g/mol. The maximum Gasteiger partial charge on any atom is 0.230 e. The summed E-state index contributed by atoms with van der Waals surface area (Å²) in [6.45, 7) is 4.81. The molecule has 0 radical (unpaired) electrons. The van der Waals surface area contributed by atoms with Gasteiger partial charge in [0.1, 0.15) is 12.7 Å². The minimum Gasteiger partial charge on any atom is -0.291 e. The topological polar surface area (TPSA) is 63.9 Å². The molecule has 0 bridgehead atoms. The van der Waals surface area contributed by atoms with Gasteiger partial charge < -0.3 is 0 Å². The molecule has 7 heteroatoms. The molecule has 0 aliphatic rings. The van der Waals surface area contributed by atoms with Crippen molar-refractivity contribution in [2.45, 2.75) is 39.2 Å². The van der Waals surface area contributed by atoms with Gasteiger partial charge in [0.2, 0.25) is 5.91 Å². The van der Waals surface area contributed by atoms with Crippen molar-refractivity contribution in [3.05, 3.63) is 23.7 Å². The van der Waals surface area contributed by atoms with Gasteiger partial charge in [0.15, 0.2) is 5.13 Å². The number of amides is 1. The first-order valence-electron chi connectivity index (χ1n) is 6.66. The van der Waals surface area contributed by atoms with Gasteiger partial charge in [-0.25, -0.2) is 9.97 Å². The van der Waals surface area contributed by atoms with Crippen molar-refractivity contribution in [3.8, 4) is 0 Å². The summed E-state index contributed by atoms with van der Waals surface area (Å²) in [6.07, 6.45) is 4.51. The van der Waals surface area contributed by atoms with Crippen LogP contribution in [-0.2, 0) is 11.3 Å². The fourth-order valence-electron chi connectivity index (χ4n) is 1.70. The van der Waals surface area contributed by atoms with Gasteiger partial charge in [-0.2, -0.15) is 5.10 Å². The minimum atomic E-state index is 0.0329. The highest BCUT2D eigenvalue weighted by Crippen LogP contribution is 2.26. The normalized spacial score (nSPS) is 12.3. The molecule has 0 N–H and O–H groups in total. The highest BCUT2D eigenvalue weighted by Gasteiger charge is 2.16. The molecule has 2 rings (SSSR count). The van der Waals surface area contributed by atoms with Gasteiger partial charge >= 0.3 is 0 Å². The molecule has 0 fully saturated rings. The summed E-state index contributed by atoms with van der Waals surface area (Å²) in [5.74, 6) is 0.462. The van der Waals surface area contributed by atoms with Crippen molar-refractivity contribution >= 4 is 22.4 Å². The number of nitrogens with zero attached hydrogens (tertiary/aromatic N) is 5. The summed E-state index contributed by atoms with van der Waals surface area (Å²) < 4.78 is 1.65. The van der Waals surface area contributed by atoms with Crippen LogP contribution in [0.2, 0.25) is 0 Å². The number of hydrogen-bond acceptors (Lipinski definition) is 5. The second kappa shape index (κ2) is 6.60. The first-order chi connectivity index (χ1) is 9.61. The molecule has 0 saturated carbocycles. The summed E-state index contributed by atoms with van der Waals surface area (Å²) in [5, 5.41) is 6.77. The highest BCUT2D eigenvalue weighted by atomic mass is 32.1. The maximum atomic E-state index is 12.1. The number of carbonyl (C=O) groups excluding carboxylic acids is 1. The molecule has 2 aromatic rings. The first kappa shape index (κ1) is 14.6. The Morgan fingerprint density at radius 2 is 2.35 bits per heavy atom. The second-order valence-electron chi connectivity index (χ2n) is 4.73. The number of carbonyl (C=O) groups is 1. The Kier molecular flexibility index (Phi) is 4.84. The molecule has 108 valence electrons. The summed E-state index contributed by atoms with van der Waals surface area (Å²) in [7, 11) is 1.77. The molecule has 1 atom stereocenters. The van der Waals surface area contributed by atoms with Crippen LogP contribution in [0.5, 0.6) is 0 Å². The lowest BCUT2D eigenvalue weighted by Gasteiger charge is -2.13. The highest BCUT2D eigenvalue weighted by molar-refractivity contribution is 7.14. The zero-order valence-corrected chi connectivity index (χ0v) is 12.8. The van der Waals surface area contributed by atoms with Crippen molar-refractivity contribution in [2.75, 3.05) is 11.9 Å². The van der Waals surface area contributed by atoms with E-state index in [2.05, 4.69) is 28.9 Å². The van der Waals surface area contributed by atoms with Crippen molar-refractivity contribution in [3.63, 3.8) is 0 Å². The number of anilines is 1. The summed E-state index contributed by atoms with van der Waals surface area (Å²) in [5.41, 5.74) is 1.06. The summed E-state index contributed by atoms with van der Waals surface area (Å²) in [4.78, 5) is 22.1. The van der Waals surface area contributed by atoms with E-state index >= 15 is 0 Å². The Morgan fingerprint density at radius 1 is 1.55 bits per heavy atom. The minimum absolute atomic E-state index is 0.0329. The van der Waals surface area contributed by atoms with Crippen LogP contribution in [0, 0.1) is 0 Å². The molecule has 20 heavy (non-hydrogen) atoms. The van der Waals surface area contributed by atoms with Crippen LogP contribution in [0.4, 0.5) is 5.13 Å². The molecule has 1 amide bonds. The third kappa shape index (κ3) is 3.41. The fraction of sp³-hybridized carbons (Fsp3) is 0.538. The van der Waals surface area contributed by atoms with Crippen molar-refractivity contribution in [1.29, 1.82) is 0 Å². The van der Waals surface area contributed by atoms with Crippen LogP contribution >= 0.6 is 11.3 Å². The molecule has 0 aliphatic heterocycles. The SMILES string of the molecule is CC[C@H](C)c1csc(N(C)C(=O)CCn2cncn2)n1. The number of aromatic nitrogens is 4. The van der Waals surface area contributed by atoms with Crippen LogP contribution in [0.1, 0.15) is 38.3 Å². The van der Waals surface area contributed by atoms with Gasteiger partial charge in [0, 0.05) is 18.8 Å². The first-order valence-corrected chi connectivity index (χ1v) is 7.54. The van der Waals surface area contributed by atoms with Gasteiger partial charge in [-0.3, -0.25) is 14.4 Å². The lowest BCUT2D eigenvalue weighted by Crippen LogP contribution is -2.27. The lowest BCUT2D eigenvalue weighted by molar-refractivity contribution is -0.118. The van der Waals surface area contributed by atoms with E-state index in [1.165, 1.54) is 17.7 Å². The smallest absolute Gasteiger partial charge is 0.230 e. The number of rotatable bonds is 6. The van der Waals surface area contributed by atoms with Gasteiger partial charge in [0.05, 0.1) is 12.2 Å². The van der Waals surface area contributed by atoms with E-state index in [0.717, 1.165) is 17.2 Å². The summed E-state index contributed by atoms with van der Waals surface area (Å²) >= 11 is 1.51. The molecule has 6 nitrogen and oxygen atoms in total. The van der Waals surface area contributed by atoms with E-state index < -0.39 is 0 Å². The van der Waals surface area contributed by atoms with E-state index in [9.17, 15) is 4.79 Å². The van der Waals surface area contributed by atoms with E-state index in [1.807, 2.05) is 5.38 Å². The Bertz CT molecular complexity index is 551. The van der Waals surface area contributed by atoms with E-state index in [1.54, 1.807) is 23.0 Å². The maximum absolute atomic E-state index is 12.1. The lowest BCUT2D eigenvalue weighted by atomic mass is 10.1. The zero-order valence-electron chi connectivity index (χ0n) is 12.0. The summed E-state index contributed by atoms with van der Waals surface area (Å²) in [6, 6.07) is 0. The standard InChI is InChI=1S/C13H19N5OS/c1-4-10(2)11-7-20-13(16-11)17(3)12(19)5-6-18-9-14-8-15-18/h7-10H,4-6H2,1-3H3/t10-/m0/s1. The van der Waals surface area contributed by atoms with Gasteiger partial charge in [-0.15, -0.1) is 11.3 Å². The molecule has 0 aliphatic carbocycles. The van der Waals surface area contributed by atoms with E-state index in [-0.39, 0.29) is 5.91 Å². The number of aryl methyl sites for hydroxylation is 1. The monoisotopic (exact) mass is 293 g/mol. The Morgan fingerprint density at radius 3 is 3.00 bits per heavy atom. The predicted molar refractivity (Wildman–Crippen MR) is 78.9 cm³/mol. The van der Waals surface area contributed by atoms with E-state index in [4.69, 9.17) is 0 Å². The molecule has 0 aromatic carbocycles. The third-order valence-electron chi connectivity index (χ3n) is 3.31. The largest absolute Gasteiger partial charge is 0.291 e. The fourth-order valence-corrected chi connectivity index (χ4v) is 2.63. The van der Waals surface area contributed by atoms with Gasteiger partial charge in [0.25, 0.3) is 0 Å². The van der Waals surface area contributed by atoms with Crippen LogP contribution in [0.25, 0.3) is 0 Å². The van der Waals surface area contributed by atoms with Crippen LogP contribution in [0.3, 0.4) is 0 Å². The Hall–Kier alpha value is -1.76. The molecule has 0 saturated heterocycles. The number of thiazole rings is 1. The molecule has 2 heterocycles. The molecule has 0 spiro atoms. The van der Waals surface area contributed by atoms with Crippen LogP contribution < -0.4 is 4.90 Å². The quantitative estimate of drug-likeness (QED) is 0.820. The van der Waals surface area contributed by atoms with Gasteiger partial charge in [-0.05, 0) is 12.3 Å². The second-order valence-corrected chi connectivity index (χ2v) is 5.56. The van der Waals surface area contributed by atoms with Crippen LogP contribution in [-0.4, -0.2) is 32.7 Å². The van der Waals surface area contributed by atoms with Crippen LogP contribution in [0.15, 0.2) is 18.0 Å². The molecular formula is C13H19N5OS. The molecule has 0 unspecified atom stereocenters. The molecular weight excluding hydrogens is 274 g/mol. The van der Waals surface area contributed by atoms with Gasteiger partial charge in [-0.1, -0.05) is 13.8 Å². The predicted octanol–water partition coefficient (Wildman–Crippen LogP) is 2.30. The average Bonchev–Trinajstić information content (AvgIpc) is 3.13. The Balaban J connectivity index is 1.94. The van der Waals surface area contributed by atoms with Crippen molar-refractivity contribution in [2.24, 2.45) is 0 Å².